The van der Waals surface area contributed by atoms with Crippen molar-refractivity contribution < 1.29 is 18.0 Å². The van der Waals surface area contributed by atoms with Gasteiger partial charge in [-0.15, -0.1) is 11.3 Å². The van der Waals surface area contributed by atoms with E-state index in [0.717, 1.165) is 16.5 Å². The van der Waals surface area contributed by atoms with Crippen molar-refractivity contribution in [3.63, 3.8) is 0 Å². The van der Waals surface area contributed by atoms with E-state index >= 15 is 0 Å². The highest BCUT2D eigenvalue weighted by Crippen LogP contribution is 2.31. The summed E-state index contributed by atoms with van der Waals surface area (Å²) in [4.78, 5) is 31.3. The number of benzene rings is 2. The fourth-order valence-corrected chi connectivity index (χ4v) is 5.14. The Kier molecular flexibility index (Phi) is 6.27. The van der Waals surface area contributed by atoms with Crippen molar-refractivity contribution in [2.24, 2.45) is 0 Å². The Bertz CT molecular complexity index is 1420. The molecule has 0 aliphatic heterocycles. The van der Waals surface area contributed by atoms with Crippen LogP contribution in [-0.4, -0.2) is 36.2 Å². The molecule has 9 nitrogen and oxygen atoms in total. The van der Waals surface area contributed by atoms with Crippen LogP contribution in [0.4, 0.5) is 10.8 Å². The van der Waals surface area contributed by atoms with Gasteiger partial charge in [-0.2, -0.15) is 4.72 Å². The van der Waals surface area contributed by atoms with Gasteiger partial charge in [0, 0.05) is 40.7 Å². The average molecular weight is 484 g/mol. The molecule has 1 atom stereocenters. The minimum atomic E-state index is -3.94. The molecule has 0 fully saturated rings. The highest BCUT2D eigenvalue weighted by Gasteiger charge is 2.23. The summed E-state index contributed by atoms with van der Waals surface area (Å²) in [5.74, 6) is -0.794. The van der Waals surface area contributed by atoms with E-state index in [1.165, 1.54) is 49.4 Å². The van der Waals surface area contributed by atoms with Crippen molar-refractivity contribution in [2.45, 2.75) is 24.8 Å². The molecule has 2 aromatic carbocycles. The Balaban J connectivity index is 1.42. The quantitative estimate of drug-likeness (QED) is 0.319. The van der Waals surface area contributed by atoms with Crippen molar-refractivity contribution in [3.8, 4) is 11.3 Å². The predicted molar refractivity (Wildman–Crippen MR) is 129 cm³/mol. The standard InChI is InChI=1S/C22H21N5O4S2/c1-13(27-33(30,31)16-9-7-15(8-10-16)24-14(2)28)21(29)26-22-25-20(12-32-22)18-11-23-19-6-4-3-5-17(18)19/h3-13,23,27H,1-2H3,(H,24,28)(H,25,26,29)/t13-/m0/s1. The zero-order valence-electron chi connectivity index (χ0n) is 17.7. The first-order valence-corrected chi connectivity index (χ1v) is 12.3. The van der Waals surface area contributed by atoms with Crippen LogP contribution in [0.3, 0.4) is 0 Å². The van der Waals surface area contributed by atoms with Gasteiger partial charge in [-0.25, -0.2) is 13.4 Å². The van der Waals surface area contributed by atoms with Crippen LogP contribution >= 0.6 is 11.3 Å². The van der Waals surface area contributed by atoms with Crippen LogP contribution in [0.2, 0.25) is 0 Å². The second-order valence-electron chi connectivity index (χ2n) is 7.32. The Labute approximate surface area is 194 Å². The Hall–Kier alpha value is -3.54. The lowest BCUT2D eigenvalue weighted by Gasteiger charge is -2.14. The highest BCUT2D eigenvalue weighted by atomic mass is 32.2. The zero-order valence-corrected chi connectivity index (χ0v) is 19.4. The lowest BCUT2D eigenvalue weighted by atomic mass is 10.1. The molecule has 0 spiro atoms. The van der Waals surface area contributed by atoms with Crippen LogP contribution in [-0.2, 0) is 19.6 Å². The summed E-state index contributed by atoms with van der Waals surface area (Å²) in [5, 5.41) is 8.44. The third-order valence-corrected chi connectivity index (χ3v) is 7.12. The van der Waals surface area contributed by atoms with Crippen molar-refractivity contribution in [1.82, 2.24) is 14.7 Å². The van der Waals surface area contributed by atoms with Crippen molar-refractivity contribution >= 4 is 54.9 Å². The number of carbonyl (C=O) groups excluding carboxylic acids is 2. The molecular weight excluding hydrogens is 462 g/mol. The third-order valence-electron chi connectivity index (χ3n) is 4.81. The number of aromatic nitrogens is 2. The molecule has 0 bridgehead atoms. The van der Waals surface area contributed by atoms with E-state index in [4.69, 9.17) is 0 Å². The lowest BCUT2D eigenvalue weighted by molar-refractivity contribution is -0.117. The van der Waals surface area contributed by atoms with Crippen molar-refractivity contribution in [1.29, 1.82) is 0 Å². The number of hydrogen-bond acceptors (Lipinski definition) is 6. The summed E-state index contributed by atoms with van der Waals surface area (Å²) in [5.41, 5.74) is 3.08. The molecule has 0 radical (unpaired) electrons. The number of sulfonamides is 1. The topological polar surface area (TPSA) is 133 Å². The molecule has 0 unspecified atom stereocenters. The molecule has 2 amide bonds. The van der Waals surface area contributed by atoms with Gasteiger partial charge in [0.05, 0.1) is 16.6 Å². The first-order valence-electron chi connectivity index (χ1n) is 9.96. The smallest absolute Gasteiger partial charge is 0.244 e. The fourth-order valence-electron chi connectivity index (χ4n) is 3.23. The second kappa shape index (κ2) is 9.14. The summed E-state index contributed by atoms with van der Waals surface area (Å²) >= 11 is 1.25. The monoisotopic (exact) mass is 483 g/mol. The minimum Gasteiger partial charge on any atom is -0.360 e. The van der Waals surface area contributed by atoms with Gasteiger partial charge in [0.1, 0.15) is 0 Å². The predicted octanol–water partition coefficient (Wildman–Crippen LogP) is 3.56. The number of aromatic amines is 1. The molecule has 170 valence electrons. The molecule has 0 aliphatic carbocycles. The van der Waals surface area contributed by atoms with Crippen molar-refractivity contribution in [3.05, 3.63) is 60.1 Å². The first-order chi connectivity index (χ1) is 15.7. The van der Waals surface area contributed by atoms with Gasteiger partial charge in [-0.05, 0) is 37.3 Å². The summed E-state index contributed by atoms with van der Waals surface area (Å²) in [6.45, 7) is 2.81. The number of amides is 2. The Morgan fingerprint density at radius 2 is 1.79 bits per heavy atom. The number of para-hydroxylation sites is 1. The van der Waals surface area contributed by atoms with E-state index in [0.29, 0.717) is 16.5 Å². The third kappa shape index (κ3) is 5.11. The minimum absolute atomic E-state index is 0.0212. The van der Waals surface area contributed by atoms with Gasteiger partial charge in [-0.1, -0.05) is 18.2 Å². The molecule has 0 saturated heterocycles. The number of nitrogens with one attached hydrogen (secondary N) is 4. The van der Waals surface area contributed by atoms with Crippen LogP contribution in [0, 0.1) is 0 Å². The van der Waals surface area contributed by atoms with Gasteiger partial charge in [-0.3, -0.25) is 9.59 Å². The number of hydrogen-bond donors (Lipinski definition) is 4. The van der Waals surface area contributed by atoms with E-state index in [1.807, 2.05) is 35.8 Å². The highest BCUT2D eigenvalue weighted by molar-refractivity contribution is 7.89. The maximum atomic E-state index is 12.6. The van der Waals surface area contributed by atoms with E-state index in [1.54, 1.807) is 0 Å². The van der Waals surface area contributed by atoms with E-state index < -0.39 is 22.0 Å². The number of anilines is 2. The first kappa shape index (κ1) is 22.6. The normalized spacial score (nSPS) is 12.4. The van der Waals surface area contributed by atoms with Gasteiger partial charge in [0.15, 0.2) is 5.13 Å². The van der Waals surface area contributed by atoms with Gasteiger partial charge in [0.2, 0.25) is 21.8 Å². The summed E-state index contributed by atoms with van der Waals surface area (Å²) < 4.78 is 27.6. The Morgan fingerprint density at radius 1 is 1.06 bits per heavy atom. The second-order valence-corrected chi connectivity index (χ2v) is 9.90. The van der Waals surface area contributed by atoms with Crippen LogP contribution < -0.4 is 15.4 Å². The van der Waals surface area contributed by atoms with E-state index in [-0.39, 0.29) is 10.8 Å². The summed E-state index contributed by atoms with van der Waals surface area (Å²) in [6, 6.07) is 12.5. The SMILES string of the molecule is CC(=O)Nc1ccc(S(=O)(=O)N[C@@H](C)C(=O)Nc2nc(-c3c[nH]c4ccccc34)cs2)cc1. The number of fused-ring (bicyclic) bond motifs is 1. The number of rotatable bonds is 7. The molecule has 2 aromatic heterocycles. The molecule has 4 aromatic rings. The molecule has 4 N–H and O–H groups in total. The fraction of sp³-hybridized carbons (Fsp3) is 0.136. The largest absolute Gasteiger partial charge is 0.360 e. The van der Waals surface area contributed by atoms with Gasteiger partial charge < -0.3 is 15.6 Å². The number of carbonyl (C=O) groups is 2. The molecular formula is C22H21N5O4S2. The molecule has 0 aliphatic rings. The van der Waals surface area contributed by atoms with E-state index in [2.05, 4.69) is 25.3 Å². The van der Waals surface area contributed by atoms with Crippen molar-refractivity contribution in [2.75, 3.05) is 10.6 Å². The molecule has 2 heterocycles. The summed E-state index contributed by atoms with van der Waals surface area (Å²) in [7, 11) is -3.94. The van der Waals surface area contributed by atoms with Crippen LogP contribution in [0.15, 0.2) is 65.0 Å². The lowest BCUT2D eigenvalue weighted by Crippen LogP contribution is -2.41. The molecule has 11 heteroatoms. The van der Waals surface area contributed by atoms with Gasteiger partial charge in [0.25, 0.3) is 0 Å². The molecule has 4 rings (SSSR count). The summed E-state index contributed by atoms with van der Waals surface area (Å²) in [6.07, 6.45) is 1.86. The van der Waals surface area contributed by atoms with Crippen LogP contribution in [0.25, 0.3) is 22.2 Å². The molecule has 33 heavy (non-hydrogen) atoms. The number of H-pyrrole nitrogens is 1. The van der Waals surface area contributed by atoms with Gasteiger partial charge >= 0.3 is 0 Å². The number of nitrogens with zero attached hydrogens (tertiary/aromatic N) is 1. The molecule has 0 saturated carbocycles. The van der Waals surface area contributed by atoms with Crippen LogP contribution in [0.1, 0.15) is 13.8 Å². The maximum Gasteiger partial charge on any atom is 0.244 e. The maximum absolute atomic E-state index is 12.6. The Morgan fingerprint density at radius 3 is 2.52 bits per heavy atom. The van der Waals surface area contributed by atoms with Crippen LogP contribution in [0.5, 0.6) is 0 Å². The average Bonchev–Trinajstić information content (AvgIpc) is 3.40. The van der Waals surface area contributed by atoms with E-state index in [9.17, 15) is 18.0 Å². The zero-order chi connectivity index (χ0) is 23.6. The number of thiazole rings is 1.